The topological polar surface area (TPSA) is 79.5 Å². The minimum atomic E-state index is -0.818. The number of hydrogen-bond donors (Lipinski definition) is 1. The van der Waals surface area contributed by atoms with Crippen molar-refractivity contribution in [3.05, 3.63) is 21.8 Å². The molecule has 20 heavy (non-hydrogen) atoms. The Labute approximate surface area is 134 Å². The van der Waals surface area contributed by atoms with Crippen LogP contribution in [0, 0.1) is 0 Å². The van der Waals surface area contributed by atoms with Gasteiger partial charge in [-0.15, -0.1) is 23.7 Å². The van der Waals surface area contributed by atoms with E-state index in [0.29, 0.717) is 24.8 Å². The van der Waals surface area contributed by atoms with E-state index in [1.54, 1.807) is 0 Å². The predicted octanol–water partition coefficient (Wildman–Crippen LogP) is 2.89. The summed E-state index contributed by atoms with van der Waals surface area (Å²) in [6.07, 6.45) is 0.0926. The first-order chi connectivity index (χ1) is 9.04. The van der Waals surface area contributed by atoms with Crippen LogP contribution in [-0.2, 0) is 11.3 Å². The first-order valence-corrected chi connectivity index (χ1v) is 7.14. The Hall–Kier alpha value is -0.960. The van der Waals surface area contributed by atoms with Crippen molar-refractivity contribution in [3.8, 4) is 10.7 Å². The predicted molar refractivity (Wildman–Crippen MR) is 81.1 cm³/mol. The zero-order chi connectivity index (χ0) is 13.8. The van der Waals surface area contributed by atoms with Crippen LogP contribution in [0.4, 0.5) is 0 Å². The van der Waals surface area contributed by atoms with Gasteiger partial charge in [-0.1, -0.05) is 5.16 Å². The molecule has 6 nitrogen and oxygen atoms in total. The molecule has 1 N–H and O–H groups in total. The molecule has 110 valence electrons. The number of carboxylic acid groups (broad SMARTS) is 1. The third-order valence-electron chi connectivity index (χ3n) is 2.37. The molecular formula is C11H13BrClN3O3S. The van der Waals surface area contributed by atoms with Crippen LogP contribution in [0.1, 0.15) is 12.3 Å². The first kappa shape index (κ1) is 17.1. The number of carboxylic acids is 1. The molecule has 0 fully saturated rings. The summed E-state index contributed by atoms with van der Waals surface area (Å²) in [5.41, 5.74) is 0. The van der Waals surface area contributed by atoms with Gasteiger partial charge in [-0.3, -0.25) is 9.69 Å². The molecule has 0 unspecified atom stereocenters. The van der Waals surface area contributed by atoms with Crippen molar-refractivity contribution in [1.82, 2.24) is 15.0 Å². The molecule has 0 spiro atoms. The summed E-state index contributed by atoms with van der Waals surface area (Å²) in [7, 11) is 1.81. The maximum absolute atomic E-state index is 10.5. The van der Waals surface area contributed by atoms with E-state index >= 15 is 0 Å². The van der Waals surface area contributed by atoms with Gasteiger partial charge in [0.05, 0.1) is 21.6 Å². The summed E-state index contributed by atoms with van der Waals surface area (Å²) in [4.78, 5) is 17.5. The Morgan fingerprint density at radius 1 is 1.55 bits per heavy atom. The summed E-state index contributed by atoms with van der Waals surface area (Å²) in [6, 6.07) is 3.84. The van der Waals surface area contributed by atoms with Crippen LogP contribution in [0.2, 0.25) is 0 Å². The maximum Gasteiger partial charge on any atom is 0.304 e. The van der Waals surface area contributed by atoms with E-state index in [2.05, 4.69) is 26.1 Å². The van der Waals surface area contributed by atoms with E-state index in [4.69, 9.17) is 9.63 Å². The average Bonchev–Trinajstić information content (AvgIpc) is 2.95. The highest BCUT2D eigenvalue weighted by Crippen LogP contribution is 2.29. The van der Waals surface area contributed by atoms with Crippen molar-refractivity contribution >= 4 is 45.6 Å². The van der Waals surface area contributed by atoms with Crippen molar-refractivity contribution in [2.45, 2.75) is 13.0 Å². The Morgan fingerprint density at radius 3 is 2.90 bits per heavy atom. The van der Waals surface area contributed by atoms with Crippen LogP contribution in [0.15, 0.2) is 20.4 Å². The van der Waals surface area contributed by atoms with Crippen LogP contribution >= 0.6 is 39.7 Å². The molecule has 0 aliphatic rings. The maximum atomic E-state index is 10.5. The van der Waals surface area contributed by atoms with E-state index in [1.807, 2.05) is 24.1 Å². The number of carbonyl (C=O) groups is 1. The molecule has 2 aromatic heterocycles. The zero-order valence-corrected chi connectivity index (χ0v) is 13.8. The molecule has 0 radical (unpaired) electrons. The number of rotatable bonds is 6. The normalized spacial score (nSPS) is 10.6. The summed E-state index contributed by atoms with van der Waals surface area (Å²) in [6.45, 7) is 0.879. The molecule has 0 aliphatic carbocycles. The van der Waals surface area contributed by atoms with Crippen molar-refractivity contribution < 1.29 is 14.4 Å². The third-order valence-corrected chi connectivity index (χ3v) is 3.99. The van der Waals surface area contributed by atoms with Crippen LogP contribution in [-0.4, -0.2) is 39.7 Å². The second-order valence-electron chi connectivity index (χ2n) is 4.00. The lowest BCUT2D eigenvalue weighted by molar-refractivity contribution is -0.137. The molecule has 0 aliphatic heterocycles. The lowest BCUT2D eigenvalue weighted by atomic mass is 10.4. The Kier molecular flexibility index (Phi) is 6.60. The highest BCUT2D eigenvalue weighted by Gasteiger charge is 2.12. The summed E-state index contributed by atoms with van der Waals surface area (Å²) in [5, 5.41) is 12.5. The fourth-order valence-corrected chi connectivity index (χ4v) is 2.76. The largest absolute Gasteiger partial charge is 0.481 e. The summed E-state index contributed by atoms with van der Waals surface area (Å²) >= 11 is 4.91. The molecule has 0 bridgehead atoms. The van der Waals surface area contributed by atoms with E-state index in [0.717, 1.165) is 8.66 Å². The Balaban J connectivity index is 0.00000200. The Morgan fingerprint density at radius 2 is 2.30 bits per heavy atom. The van der Waals surface area contributed by atoms with Gasteiger partial charge in [-0.2, -0.15) is 4.98 Å². The van der Waals surface area contributed by atoms with Gasteiger partial charge in [0, 0.05) is 6.54 Å². The fourth-order valence-electron chi connectivity index (χ4n) is 1.45. The van der Waals surface area contributed by atoms with Gasteiger partial charge in [-0.05, 0) is 35.1 Å². The van der Waals surface area contributed by atoms with Gasteiger partial charge in [0.15, 0.2) is 0 Å². The molecule has 2 heterocycles. The molecule has 2 aromatic rings. The van der Waals surface area contributed by atoms with Crippen LogP contribution < -0.4 is 0 Å². The minimum absolute atomic E-state index is 0. The molecule has 0 saturated heterocycles. The van der Waals surface area contributed by atoms with Crippen molar-refractivity contribution in [2.24, 2.45) is 0 Å². The molecule has 0 aromatic carbocycles. The summed E-state index contributed by atoms with van der Waals surface area (Å²) in [5.74, 6) is 0.214. The number of thiophene rings is 1. The minimum Gasteiger partial charge on any atom is -0.481 e. The fraction of sp³-hybridized carbons (Fsp3) is 0.364. The Bertz CT molecular complexity index is 575. The standard InChI is InChI=1S/C11H12BrN3O3S.ClH/c1-15(5-4-10(16)17)6-9-13-11(14-18-9)7-2-3-8(12)19-7;/h2-3H,4-6H2,1H3,(H,16,17);1H. The van der Waals surface area contributed by atoms with Crippen molar-refractivity contribution in [1.29, 1.82) is 0 Å². The number of nitrogens with zero attached hydrogens (tertiary/aromatic N) is 3. The van der Waals surface area contributed by atoms with Gasteiger partial charge < -0.3 is 9.63 Å². The monoisotopic (exact) mass is 381 g/mol. The molecule has 0 saturated carbocycles. The highest BCUT2D eigenvalue weighted by atomic mass is 79.9. The van der Waals surface area contributed by atoms with Crippen molar-refractivity contribution in [3.63, 3.8) is 0 Å². The number of aliphatic carboxylic acids is 1. The summed E-state index contributed by atoms with van der Waals surface area (Å²) < 4.78 is 6.15. The quantitative estimate of drug-likeness (QED) is 0.827. The van der Waals surface area contributed by atoms with Crippen molar-refractivity contribution in [2.75, 3.05) is 13.6 Å². The molecule has 9 heteroatoms. The molecule has 0 amide bonds. The van der Waals surface area contributed by atoms with E-state index in [1.165, 1.54) is 11.3 Å². The van der Waals surface area contributed by atoms with Crippen LogP contribution in [0.5, 0.6) is 0 Å². The zero-order valence-electron chi connectivity index (χ0n) is 10.6. The molecule has 0 atom stereocenters. The van der Waals surface area contributed by atoms with Crippen LogP contribution in [0.25, 0.3) is 10.7 Å². The van der Waals surface area contributed by atoms with E-state index < -0.39 is 5.97 Å². The van der Waals surface area contributed by atoms with Gasteiger partial charge in [0.1, 0.15) is 0 Å². The average molecular weight is 383 g/mol. The number of aromatic nitrogens is 2. The van der Waals surface area contributed by atoms with E-state index in [9.17, 15) is 4.79 Å². The number of hydrogen-bond acceptors (Lipinski definition) is 6. The second kappa shape index (κ2) is 7.72. The lowest BCUT2D eigenvalue weighted by Gasteiger charge is -2.11. The molecular weight excluding hydrogens is 370 g/mol. The van der Waals surface area contributed by atoms with E-state index in [-0.39, 0.29) is 18.8 Å². The SMILES string of the molecule is CN(CCC(=O)O)Cc1nc(-c2ccc(Br)s2)no1.Cl. The lowest BCUT2D eigenvalue weighted by Crippen LogP contribution is -2.21. The second-order valence-corrected chi connectivity index (χ2v) is 6.46. The van der Waals surface area contributed by atoms with Gasteiger partial charge in [-0.25, -0.2) is 0 Å². The third kappa shape index (κ3) is 4.86. The van der Waals surface area contributed by atoms with Crippen LogP contribution in [0.3, 0.4) is 0 Å². The van der Waals surface area contributed by atoms with Gasteiger partial charge >= 0.3 is 5.97 Å². The molecule has 2 rings (SSSR count). The highest BCUT2D eigenvalue weighted by molar-refractivity contribution is 9.11. The first-order valence-electron chi connectivity index (χ1n) is 5.53. The van der Waals surface area contributed by atoms with Gasteiger partial charge in [0.25, 0.3) is 0 Å². The smallest absolute Gasteiger partial charge is 0.304 e. The number of halogens is 2. The van der Waals surface area contributed by atoms with Gasteiger partial charge in [0.2, 0.25) is 11.7 Å².